The second-order valence-electron chi connectivity index (χ2n) is 3.30. The lowest BCUT2D eigenvalue weighted by atomic mass is 10.2. The van der Waals surface area contributed by atoms with Crippen LogP contribution in [0.3, 0.4) is 0 Å². The van der Waals surface area contributed by atoms with Gasteiger partial charge in [-0.3, -0.25) is 0 Å². The highest BCUT2D eigenvalue weighted by atomic mass is 35.5. The molecule has 1 aromatic carbocycles. The van der Waals surface area contributed by atoms with Crippen molar-refractivity contribution in [1.82, 2.24) is 9.97 Å². The smallest absolute Gasteiger partial charge is 0.137 e. The second-order valence-corrected chi connectivity index (χ2v) is 3.57. The van der Waals surface area contributed by atoms with Crippen LogP contribution >= 0.6 is 11.6 Å². The first kappa shape index (κ1) is 10.2. The van der Waals surface area contributed by atoms with Gasteiger partial charge in [0.15, 0.2) is 0 Å². The van der Waals surface area contributed by atoms with Crippen LogP contribution in [-0.2, 0) is 5.88 Å². The molecule has 0 aliphatic heterocycles. The monoisotopic (exact) mass is 224 g/mol. The molecule has 0 unspecified atom stereocenters. The Morgan fingerprint density at radius 1 is 1.47 bits per heavy atom. The number of hydrogen-bond acceptors (Lipinski definition) is 1. The van der Waals surface area contributed by atoms with Crippen LogP contribution in [0.15, 0.2) is 24.3 Å². The van der Waals surface area contributed by atoms with Crippen molar-refractivity contribution in [3.8, 4) is 11.4 Å². The van der Waals surface area contributed by atoms with Crippen molar-refractivity contribution in [1.29, 1.82) is 0 Å². The van der Waals surface area contributed by atoms with Gasteiger partial charge in [-0.2, -0.15) is 0 Å². The van der Waals surface area contributed by atoms with Crippen LogP contribution in [0.1, 0.15) is 11.4 Å². The largest absolute Gasteiger partial charge is 0.342 e. The molecule has 0 saturated carbocycles. The molecule has 0 amide bonds. The number of H-pyrrole nitrogens is 1. The SMILES string of the molecule is Cc1[nH]c(-c2cccc(F)c2)nc1CCl. The van der Waals surface area contributed by atoms with E-state index in [2.05, 4.69) is 9.97 Å². The zero-order valence-electron chi connectivity index (χ0n) is 8.22. The first-order valence-corrected chi connectivity index (χ1v) is 5.11. The summed E-state index contributed by atoms with van der Waals surface area (Å²) in [6.45, 7) is 1.90. The summed E-state index contributed by atoms with van der Waals surface area (Å²) in [7, 11) is 0. The van der Waals surface area contributed by atoms with Crippen LogP contribution in [-0.4, -0.2) is 9.97 Å². The third kappa shape index (κ3) is 2.02. The van der Waals surface area contributed by atoms with E-state index in [0.717, 1.165) is 17.0 Å². The molecule has 0 spiro atoms. The predicted molar refractivity (Wildman–Crippen MR) is 58.3 cm³/mol. The molecular weight excluding hydrogens is 215 g/mol. The number of aryl methyl sites for hydroxylation is 1. The zero-order chi connectivity index (χ0) is 10.8. The van der Waals surface area contributed by atoms with Crippen LogP contribution in [0.25, 0.3) is 11.4 Å². The van der Waals surface area contributed by atoms with Gasteiger partial charge in [0, 0.05) is 11.3 Å². The summed E-state index contributed by atoms with van der Waals surface area (Å²) >= 11 is 5.71. The number of nitrogens with one attached hydrogen (secondary N) is 1. The van der Waals surface area contributed by atoms with Gasteiger partial charge in [-0.05, 0) is 19.1 Å². The highest BCUT2D eigenvalue weighted by molar-refractivity contribution is 6.17. The van der Waals surface area contributed by atoms with Crippen molar-refractivity contribution < 1.29 is 4.39 Å². The van der Waals surface area contributed by atoms with Crippen LogP contribution < -0.4 is 0 Å². The summed E-state index contributed by atoms with van der Waals surface area (Å²) in [5.41, 5.74) is 2.45. The molecule has 0 aliphatic rings. The van der Waals surface area contributed by atoms with Crippen molar-refractivity contribution >= 4 is 11.6 Å². The Hall–Kier alpha value is -1.35. The lowest BCUT2D eigenvalue weighted by Crippen LogP contribution is -1.82. The lowest BCUT2D eigenvalue weighted by molar-refractivity contribution is 0.628. The minimum Gasteiger partial charge on any atom is -0.342 e. The molecule has 4 heteroatoms. The number of aromatic amines is 1. The molecule has 2 rings (SSSR count). The Morgan fingerprint density at radius 2 is 2.27 bits per heavy atom. The molecule has 0 aliphatic carbocycles. The average molecular weight is 225 g/mol. The summed E-state index contributed by atoms with van der Waals surface area (Å²) in [6, 6.07) is 6.31. The van der Waals surface area contributed by atoms with Gasteiger partial charge in [0.05, 0.1) is 11.6 Å². The molecule has 78 valence electrons. The van der Waals surface area contributed by atoms with E-state index in [1.807, 2.05) is 6.92 Å². The van der Waals surface area contributed by atoms with Crippen molar-refractivity contribution in [2.45, 2.75) is 12.8 Å². The van der Waals surface area contributed by atoms with E-state index in [1.165, 1.54) is 12.1 Å². The first-order chi connectivity index (χ1) is 7.20. The quantitative estimate of drug-likeness (QED) is 0.780. The number of halogens is 2. The number of benzene rings is 1. The Balaban J connectivity index is 2.45. The normalized spacial score (nSPS) is 10.6. The molecule has 0 bridgehead atoms. The standard InChI is InChI=1S/C11H10ClFN2/c1-7-10(6-12)15-11(14-7)8-3-2-4-9(13)5-8/h2-5H,6H2,1H3,(H,14,15). The van der Waals surface area contributed by atoms with Crippen LogP contribution in [0, 0.1) is 12.7 Å². The van der Waals surface area contributed by atoms with Gasteiger partial charge in [-0.25, -0.2) is 9.37 Å². The Bertz CT molecular complexity index is 479. The summed E-state index contributed by atoms with van der Waals surface area (Å²) in [5, 5.41) is 0. The number of hydrogen-bond donors (Lipinski definition) is 1. The van der Waals surface area contributed by atoms with Gasteiger partial charge in [0.25, 0.3) is 0 Å². The topological polar surface area (TPSA) is 28.7 Å². The summed E-state index contributed by atoms with van der Waals surface area (Å²) in [5.74, 6) is 0.745. The van der Waals surface area contributed by atoms with Crippen molar-refractivity contribution in [2.24, 2.45) is 0 Å². The van der Waals surface area contributed by atoms with Gasteiger partial charge < -0.3 is 4.98 Å². The van der Waals surface area contributed by atoms with E-state index >= 15 is 0 Å². The molecule has 0 radical (unpaired) electrons. The number of alkyl halides is 1. The van der Waals surface area contributed by atoms with E-state index in [0.29, 0.717) is 11.7 Å². The zero-order valence-corrected chi connectivity index (χ0v) is 8.98. The van der Waals surface area contributed by atoms with E-state index in [4.69, 9.17) is 11.6 Å². The lowest BCUT2D eigenvalue weighted by Gasteiger charge is -1.95. The first-order valence-electron chi connectivity index (χ1n) is 4.58. The Labute approximate surface area is 92.1 Å². The third-order valence-electron chi connectivity index (χ3n) is 2.21. The summed E-state index contributed by atoms with van der Waals surface area (Å²) in [4.78, 5) is 7.36. The van der Waals surface area contributed by atoms with Crippen molar-refractivity contribution in [3.05, 3.63) is 41.5 Å². The van der Waals surface area contributed by atoms with Crippen LogP contribution in [0.4, 0.5) is 4.39 Å². The van der Waals surface area contributed by atoms with Crippen molar-refractivity contribution in [3.63, 3.8) is 0 Å². The van der Waals surface area contributed by atoms with Crippen molar-refractivity contribution in [2.75, 3.05) is 0 Å². The molecule has 0 atom stereocenters. The summed E-state index contributed by atoms with van der Waals surface area (Å²) in [6.07, 6.45) is 0. The number of rotatable bonds is 2. The number of aromatic nitrogens is 2. The van der Waals surface area contributed by atoms with Crippen LogP contribution in [0.2, 0.25) is 0 Å². The molecule has 0 saturated heterocycles. The summed E-state index contributed by atoms with van der Waals surface area (Å²) < 4.78 is 13.0. The maximum atomic E-state index is 13.0. The van der Waals surface area contributed by atoms with Gasteiger partial charge in [0.1, 0.15) is 11.6 Å². The predicted octanol–water partition coefficient (Wildman–Crippen LogP) is 3.26. The minimum atomic E-state index is -0.269. The Morgan fingerprint density at radius 3 is 2.87 bits per heavy atom. The fourth-order valence-corrected chi connectivity index (χ4v) is 1.66. The molecule has 1 heterocycles. The Kier molecular flexibility index (Phi) is 2.73. The van der Waals surface area contributed by atoms with E-state index < -0.39 is 0 Å². The van der Waals surface area contributed by atoms with Gasteiger partial charge in [-0.15, -0.1) is 11.6 Å². The van der Waals surface area contributed by atoms with Crippen LogP contribution in [0.5, 0.6) is 0 Å². The van der Waals surface area contributed by atoms with Gasteiger partial charge in [-0.1, -0.05) is 12.1 Å². The molecule has 1 aromatic heterocycles. The highest BCUT2D eigenvalue weighted by Gasteiger charge is 2.07. The van der Waals surface area contributed by atoms with E-state index in [-0.39, 0.29) is 5.82 Å². The fraction of sp³-hybridized carbons (Fsp3) is 0.182. The fourth-order valence-electron chi connectivity index (χ4n) is 1.40. The minimum absolute atomic E-state index is 0.269. The molecule has 2 nitrogen and oxygen atoms in total. The maximum Gasteiger partial charge on any atom is 0.137 e. The number of nitrogens with zero attached hydrogens (tertiary/aromatic N) is 1. The van der Waals surface area contributed by atoms with Gasteiger partial charge in [0.2, 0.25) is 0 Å². The highest BCUT2D eigenvalue weighted by Crippen LogP contribution is 2.19. The second kappa shape index (κ2) is 4.03. The van der Waals surface area contributed by atoms with E-state index in [9.17, 15) is 4.39 Å². The maximum absolute atomic E-state index is 13.0. The third-order valence-corrected chi connectivity index (χ3v) is 2.46. The molecule has 1 N–H and O–H groups in total. The van der Waals surface area contributed by atoms with Gasteiger partial charge >= 0.3 is 0 Å². The molecular formula is C11H10ClFN2. The van der Waals surface area contributed by atoms with E-state index in [1.54, 1.807) is 12.1 Å². The molecule has 2 aromatic rings. The number of imidazole rings is 1. The average Bonchev–Trinajstić information content (AvgIpc) is 2.60. The molecule has 0 fully saturated rings. The molecule has 15 heavy (non-hydrogen) atoms.